The van der Waals surface area contributed by atoms with Crippen molar-refractivity contribution in [1.82, 2.24) is 19.9 Å². The van der Waals surface area contributed by atoms with Crippen molar-refractivity contribution < 1.29 is 4.52 Å². The summed E-state index contributed by atoms with van der Waals surface area (Å²) in [5.41, 5.74) is 6.80. The van der Waals surface area contributed by atoms with E-state index in [0.29, 0.717) is 17.6 Å². The van der Waals surface area contributed by atoms with Crippen LogP contribution in [0.25, 0.3) is 11.6 Å². The van der Waals surface area contributed by atoms with Crippen LogP contribution >= 0.6 is 0 Å². The van der Waals surface area contributed by atoms with Crippen LogP contribution in [-0.4, -0.2) is 19.9 Å². The maximum atomic E-state index is 6.00. The molecule has 0 spiro atoms. The van der Waals surface area contributed by atoms with Gasteiger partial charge in [0.2, 0.25) is 0 Å². The molecule has 0 bridgehead atoms. The largest absolute Gasteiger partial charge is 0.332 e. The molecule has 1 aliphatic rings. The van der Waals surface area contributed by atoms with Gasteiger partial charge in [-0.15, -0.1) is 0 Å². The highest BCUT2D eigenvalue weighted by atomic mass is 16.5. The lowest BCUT2D eigenvalue weighted by molar-refractivity contribution is 0.409. The van der Waals surface area contributed by atoms with Crippen LogP contribution < -0.4 is 5.73 Å². The molecule has 2 N–H and O–H groups in total. The Labute approximate surface area is 92.4 Å². The molecule has 6 heteroatoms. The molecule has 0 aromatic carbocycles. The van der Waals surface area contributed by atoms with Gasteiger partial charge in [0.1, 0.15) is 5.69 Å². The first-order valence-corrected chi connectivity index (χ1v) is 5.33. The van der Waals surface area contributed by atoms with E-state index >= 15 is 0 Å². The fourth-order valence-corrected chi connectivity index (χ4v) is 1.72. The van der Waals surface area contributed by atoms with E-state index in [1.165, 1.54) is 0 Å². The molecule has 0 radical (unpaired) electrons. The van der Waals surface area contributed by atoms with Gasteiger partial charge in [-0.25, -0.2) is 0 Å². The summed E-state index contributed by atoms with van der Waals surface area (Å²) in [4.78, 5) is 4.31. The third kappa shape index (κ3) is 1.51. The first-order chi connectivity index (χ1) is 7.75. The molecule has 84 valence electrons. The molecule has 1 atom stereocenters. The number of nitrogens with two attached hydrogens (primary N) is 1. The molecule has 1 aliphatic carbocycles. The van der Waals surface area contributed by atoms with Crippen LogP contribution in [0.15, 0.2) is 16.8 Å². The molecule has 16 heavy (non-hydrogen) atoms. The lowest BCUT2D eigenvalue weighted by Gasteiger charge is -2.01. The topological polar surface area (TPSA) is 82.8 Å². The van der Waals surface area contributed by atoms with E-state index in [0.717, 1.165) is 18.5 Å². The summed E-state index contributed by atoms with van der Waals surface area (Å²) in [5, 5.41) is 7.97. The SMILES string of the molecule is Cn1nccc1-c1nc(C(N)C2CC2)no1. The van der Waals surface area contributed by atoms with Crippen LogP contribution in [0.2, 0.25) is 0 Å². The summed E-state index contributed by atoms with van der Waals surface area (Å²) in [7, 11) is 1.83. The Morgan fingerprint density at radius 1 is 1.56 bits per heavy atom. The van der Waals surface area contributed by atoms with E-state index in [1.54, 1.807) is 10.9 Å². The van der Waals surface area contributed by atoms with Crippen LogP contribution in [0, 0.1) is 5.92 Å². The average Bonchev–Trinajstić information content (AvgIpc) is 2.86. The Morgan fingerprint density at radius 2 is 2.38 bits per heavy atom. The van der Waals surface area contributed by atoms with E-state index in [4.69, 9.17) is 10.3 Å². The van der Waals surface area contributed by atoms with Crippen molar-refractivity contribution in [2.24, 2.45) is 18.7 Å². The maximum absolute atomic E-state index is 6.00. The van der Waals surface area contributed by atoms with Gasteiger partial charge < -0.3 is 10.3 Å². The van der Waals surface area contributed by atoms with Crippen LogP contribution in [0.1, 0.15) is 24.7 Å². The molecule has 2 heterocycles. The molecular weight excluding hydrogens is 206 g/mol. The van der Waals surface area contributed by atoms with Crippen molar-refractivity contribution in [3.8, 4) is 11.6 Å². The molecule has 0 saturated heterocycles. The smallest absolute Gasteiger partial charge is 0.276 e. The molecule has 2 aromatic heterocycles. The van der Waals surface area contributed by atoms with Crippen LogP contribution in [0.3, 0.4) is 0 Å². The third-order valence-electron chi connectivity index (χ3n) is 2.91. The van der Waals surface area contributed by atoms with Gasteiger partial charge in [0.05, 0.1) is 6.04 Å². The molecule has 2 aromatic rings. The van der Waals surface area contributed by atoms with E-state index in [2.05, 4.69) is 15.2 Å². The molecule has 1 fully saturated rings. The standard InChI is InChI=1S/C10H13N5O/c1-15-7(4-5-12-15)10-13-9(14-16-10)8(11)6-2-3-6/h4-6,8H,2-3,11H2,1H3. The zero-order valence-electron chi connectivity index (χ0n) is 9.00. The fraction of sp³-hybridized carbons (Fsp3) is 0.500. The average molecular weight is 219 g/mol. The lowest BCUT2D eigenvalue weighted by Crippen LogP contribution is -2.13. The molecule has 0 amide bonds. The Balaban J connectivity index is 1.90. The van der Waals surface area contributed by atoms with Crippen molar-refractivity contribution in [3.63, 3.8) is 0 Å². The maximum Gasteiger partial charge on any atom is 0.276 e. The van der Waals surface area contributed by atoms with Gasteiger partial charge in [-0.05, 0) is 24.8 Å². The number of hydrogen-bond donors (Lipinski definition) is 1. The van der Waals surface area contributed by atoms with Crippen molar-refractivity contribution in [2.45, 2.75) is 18.9 Å². The molecule has 1 unspecified atom stereocenters. The van der Waals surface area contributed by atoms with E-state index in [9.17, 15) is 0 Å². The zero-order valence-corrected chi connectivity index (χ0v) is 9.00. The number of hydrogen-bond acceptors (Lipinski definition) is 5. The summed E-state index contributed by atoms with van der Waals surface area (Å²) in [6, 6.07) is 1.74. The third-order valence-corrected chi connectivity index (χ3v) is 2.91. The van der Waals surface area contributed by atoms with E-state index in [-0.39, 0.29) is 6.04 Å². The number of aromatic nitrogens is 4. The highest BCUT2D eigenvalue weighted by Gasteiger charge is 2.32. The lowest BCUT2D eigenvalue weighted by atomic mass is 10.2. The summed E-state index contributed by atoms with van der Waals surface area (Å²) < 4.78 is 6.88. The van der Waals surface area contributed by atoms with Crippen molar-refractivity contribution in [1.29, 1.82) is 0 Å². The van der Waals surface area contributed by atoms with Crippen LogP contribution in [0.4, 0.5) is 0 Å². The highest BCUT2D eigenvalue weighted by Crippen LogP contribution is 2.38. The Hall–Kier alpha value is -1.69. The highest BCUT2D eigenvalue weighted by molar-refractivity contribution is 5.45. The number of nitrogens with zero attached hydrogens (tertiary/aromatic N) is 4. The van der Waals surface area contributed by atoms with Gasteiger partial charge in [0.25, 0.3) is 5.89 Å². The van der Waals surface area contributed by atoms with Crippen molar-refractivity contribution in [2.75, 3.05) is 0 Å². The molecule has 1 saturated carbocycles. The fourth-order valence-electron chi connectivity index (χ4n) is 1.72. The summed E-state index contributed by atoms with van der Waals surface area (Å²) in [6.07, 6.45) is 4.02. The first kappa shape index (κ1) is 9.53. The predicted molar refractivity (Wildman–Crippen MR) is 56.2 cm³/mol. The van der Waals surface area contributed by atoms with Gasteiger partial charge >= 0.3 is 0 Å². The second kappa shape index (κ2) is 3.41. The molecular formula is C10H13N5O. The Kier molecular flexibility index (Phi) is 2.03. The molecule has 6 nitrogen and oxygen atoms in total. The van der Waals surface area contributed by atoms with E-state index in [1.807, 2.05) is 13.1 Å². The first-order valence-electron chi connectivity index (χ1n) is 5.33. The minimum absolute atomic E-state index is 0.0919. The van der Waals surface area contributed by atoms with Gasteiger partial charge in [-0.1, -0.05) is 5.16 Å². The van der Waals surface area contributed by atoms with Crippen LogP contribution in [-0.2, 0) is 7.05 Å². The van der Waals surface area contributed by atoms with Crippen molar-refractivity contribution in [3.05, 3.63) is 18.1 Å². The summed E-state index contributed by atoms with van der Waals surface area (Å²) in [5.74, 6) is 1.60. The van der Waals surface area contributed by atoms with Crippen molar-refractivity contribution >= 4 is 0 Å². The molecule has 0 aliphatic heterocycles. The van der Waals surface area contributed by atoms with Gasteiger partial charge in [0.15, 0.2) is 5.82 Å². The monoisotopic (exact) mass is 219 g/mol. The zero-order chi connectivity index (χ0) is 11.1. The normalized spacial score (nSPS) is 17.6. The predicted octanol–water partition coefficient (Wildman–Crippen LogP) is 0.880. The minimum atomic E-state index is -0.0919. The second-order valence-corrected chi connectivity index (χ2v) is 4.16. The second-order valence-electron chi connectivity index (χ2n) is 4.16. The number of rotatable bonds is 3. The minimum Gasteiger partial charge on any atom is -0.332 e. The molecule has 3 rings (SSSR count). The van der Waals surface area contributed by atoms with E-state index < -0.39 is 0 Å². The summed E-state index contributed by atoms with van der Waals surface area (Å²) in [6.45, 7) is 0. The Bertz CT molecular complexity index is 499. The van der Waals surface area contributed by atoms with Gasteiger partial charge in [0, 0.05) is 13.2 Å². The quantitative estimate of drug-likeness (QED) is 0.828. The van der Waals surface area contributed by atoms with Gasteiger partial charge in [-0.3, -0.25) is 4.68 Å². The van der Waals surface area contributed by atoms with Gasteiger partial charge in [-0.2, -0.15) is 10.1 Å². The Morgan fingerprint density at radius 3 is 3.00 bits per heavy atom. The summed E-state index contributed by atoms with van der Waals surface area (Å²) >= 11 is 0. The van der Waals surface area contributed by atoms with Crippen LogP contribution in [0.5, 0.6) is 0 Å². The number of aryl methyl sites for hydroxylation is 1.